The number of hydrogen-bond donors (Lipinski definition) is 3. The van der Waals surface area contributed by atoms with Crippen molar-refractivity contribution in [3.63, 3.8) is 0 Å². The molecule has 4 rings (SSSR count). The Labute approximate surface area is 211 Å². The van der Waals surface area contributed by atoms with Crippen molar-refractivity contribution in [1.82, 2.24) is 4.90 Å². The molecule has 2 fully saturated rings. The molecule has 0 spiro atoms. The van der Waals surface area contributed by atoms with Crippen LogP contribution in [0, 0.1) is 0 Å². The minimum atomic E-state index is -2.10. The first-order chi connectivity index (χ1) is 17.2. The fourth-order valence-electron chi connectivity index (χ4n) is 4.40. The van der Waals surface area contributed by atoms with E-state index in [1.165, 1.54) is 18.1 Å². The minimum absolute atomic E-state index is 0.0290. The van der Waals surface area contributed by atoms with Gasteiger partial charge in [0.15, 0.2) is 30.1 Å². The lowest BCUT2D eigenvalue weighted by Gasteiger charge is -2.39. The number of amides is 2. The second-order valence-corrected chi connectivity index (χ2v) is 9.90. The van der Waals surface area contributed by atoms with Crippen LogP contribution in [0.25, 0.3) is 0 Å². The zero-order valence-electron chi connectivity index (χ0n) is 20.7. The number of ether oxygens (including phenoxy) is 4. The predicted molar refractivity (Wildman–Crippen MR) is 124 cm³/mol. The van der Waals surface area contributed by atoms with Crippen LogP contribution in [0.5, 0.6) is 11.5 Å². The van der Waals surface area contributed by atoms with E-state index >= 15 is 0 Å². The Bertz CT molecular complexity index is 1170. The number of carbonyl (C=O) groups is 4. The Morgan fingerprint density at radius 1 is 1.16 bits per heavy atom. The lowest BCUT2D eigenvalue weighted by Crippen LogP contribution is -2.59. The Kier molecular flexibility index (Phi) is 6.75. The third-order valence-electron chi connectivity index (χ3n) is 6.04. The number of Topliss-reactive ketones (excluding diaryl/α,β-unsaturated/α-hetero) is 2. The van der Waals surface area contributed by atoms with Gasteiger partial charge >= 0.3 is 6.09 Å². The standard InChI is InChI=1S/C24H28N2O11/c1-10-6-13-20(35-22-18(30)16(28)17(29)21(32)36-22)26(23(33)37-24(2,3)4)12-8-14(27)15(34-5)7-11(12)19(31)25(13)9-10/h7-8,13,17,20-22,27,29,32H,1,6,9H2,2-5H3/t13-,17?,20-,21?,22?/m0/s1. The van der Waals surface area contributed by atoms with Gasteiger partial charge in [-0.1, -0.05) is 12.2 Å². The molecule has 3 heterocycles. The molecule has 3 aliphatic heterocycles. The minimum Gasteiger partial charge on any atom is -0.504 e. The average Bonchev–Trinajstić information content (AvgIpc) is 3.17. The molecular formula is C24H28N2O11. The maximum atomic E-state index is 13.6. The highest BCUT2D eigenvalue weighted by Crippen LogP contribution is 2.42. The van der Waals surface area contributed by atoms with Crippen LogP contribution in [0.4, 0.5) is 10.5 Å². The van der Waals surface area contributed by atoms with Crippen LogP contribution in [0.1, 0.15) is 37.6 Å². The topological polar surface area (TPSA) is 172 Å². The van der Waals surface area contributed by atoms with Crippen molar-refractivity contribution in [3.05, 3.63) is 29.8 Å². The third-order valence-corrected chi connectivity index (χ3v) is 6.04. The number of ketones is 2. The van der Waals surface area contributed by atoms with Crippen molar-refractivity contribution in [2.24, 2.45) is 0 Å². The van der Waals surface area contributed by atoms with Gasteiger partial charge in [0.25, 0.3) is 11.7 Å². The highest BCUT2D eigenvalue weighted by molar-refractivity contribution is 6.40. The lowest BCUT2D eigenvalue weighted by molar-refractivity contribution is -0.269. The molecule has 2 amide bonds. The molecule has 0 bridgehead atoms. The first-order valence-corrected chi connectivity index (χ1v) is 11.4. The van der Waals surface area contributed by atoms with E-state index in [1.807, 2.05) is 0 Å². The number of aliphatic hydroxyl groups excluding tert-OH is 2. The Hall–Kier alpha value is -3.52. The summed E-state index contributed by atoms with van der Waals surface area (Å²) in [7, 11) is 1.30. The molecule has 3 aliphatic rings. The summed E-state index contributed by atoms with van der Waals surface area (Å²) in [5.41, 5.74) is -0.530. The van der Waals surface area contributed by atoms with Crippen LogP contribution in [0.2, 0.25) is 0 Å². The largest absolute Gasteiger partial charge is 0.504 e. The van der Waals surface area contributed by atoms with E-state index in [0.717, 1.165) is 11.0 Å². The molecule has 1 aromatic carbocycles. The summed E-state index contributed by atoms with van der Waals surface area (Å²) in [6.07, 6.45) is -8.53. The van der Waals surface area contributed by atoms with Gasteiger partial charge in [-0.15, -0.1) is 0 Å². The summed E-state index contributed by atoms with van der Waals surface area (Å²) in [4.78, 5) is 54.3. The molecule has 37 heavy (non-hydrogen) atoms. The molecule has 3 unspecified atom stereocenters. The number of methoxy groups -OCH3 is 1. The quantitative estimate of drug-likeness (QED) is 0.373. The second kappa shape index (κ2) is 9.41. The fraction of sp³-hybridized carbons (Fsp3) is 0.500. The van der Waals surface area contributed by atoms with Crippen molar-refractivity contribution >= 4 is 29.3 Å². The Morgan fingerprint density at radius 3 is 2.46 bits per heavy atom. The SMILES string of the molecule is C=C1C[C@H]2[C@H](OC3OC(O)C(O)C(=O)C3=O)N(C(=O)OC(C)(C)C)c3cc(O)c(OC)cc3C(=O)N2C1. The number of phenols is 1. The van der Waals surface area contributed by atoms with Crippen LogP contribution in [-0.4, -0.2) is 94.0 Å². The third kappa shape index (κ3) is 4.78. The molecule has 0 saturated carbocycles. The summed E-state index contributed by atoms with van der Waals surface area (Å²) in [6.45, 7) is 8.87. The fourth-order valence-corrected chi connectivity index (χ4v) is 4.40. The summed E-state index contributed by atoms with van der Waals surface area (Å²) < 4.78 is 21.6. The van der Waals surface area contributed by atoms with Crippen LogP contribution < -0.4 is 9.64 Å². The second-order valence-electron chi connectivity index (χ2n) is 9.90. The number of fused-ring (bicyclic) bond motifs is 2. The van der Waals surface area contributed by atoms with Gasteiger partial charge in [0.2, 0.25) is 12.1 Å². The van der Waals surface area contributed by atoms with E-state index in [2.05, 4.69) is 6.58 Å². The Balaban J connectivity index is 1.88. The van der Waals surface area contributed by atoms with Crippen LogP contribution in [-0.2, 0) is 23.8 Å². The van der Waals surface area contributed by atoms with Gasteiger partial charge in [0.05, 0.1) is 24.4 Å². The number of rotatable bonds is 3. The van der Waals surface area contributed by atoms with Gasteiger partial charge in [0, 0.05) is 12.6 Å². The van der Waals surface area contributed by atoms with E-state index in [0.29, 0.717) is 5.57 Å². The highest BCUT2D eigenvalue weighted by Gasteiger charge is 2.52. The van der Waals surface area contributed by atoms with E-state index in [4.69, 9.17) is 18.9 Å². The normalized spacial score (nSPS) is 28.1. The van der Waals surface area contributed by atoms with E-state index in [-0.39, 0.29) is 30.0 Å². The molecule has 5 atom stereocenters. The number of aliphatic hydroxyl groups is 2. The van der Waals surface area contributed by atoms with Crippen LogP contribution in [0.15, 0.2) is 24.3 Å². The maximum absolute atomic E-state index is 13.6. The summed E-state index contributed by atoms with van der Waals surface area (Å²) in [5.74, 6) is -3.60. The molecule has 1 aromatic rings. The average molecular weight is 520 g/mol. The van der Waals surface area contributed by atoms with E-state index in [1.54, 1.807) is 20.8 Å². The number of nitrogens with zero attached hydrogens (tertiary/aromatic N) is 2. The molecular weight excluding hydrogens is 492 g/mol. The van der Waals surface area contributed by atoms with Gasteiger partial charge < -0.3 is 39.2 Å². The first-order valence-electron chi connectivity index (χ1n) is 11.4. The van der Waals surface area contributed by atoms with Crippen molar-refractivity contribution in [2.45, 2.75) is 63.7 Å². The molecule has 200 valence electrons. The van der Waals surface area contributed by atoms with Gasteiger partial charge in [0.1, 0.15) is 5.60 Å². The molecule has 0 radical (unpaired) electrons. The molecule has 3 N–H and O–H groups in total. The zero-order valence-corrected chi connectivity index (χ0v) is 20.7. The summed E-state index contributed by atoms with van der Waals surface area (Å²) in [5, 5.41) is 30.1. The number of aromatic hydroxyl groups is 1. The van der Waals surface area contributed by atoms with Crippen molar-refractivity contribution < 1.29 is 53.4 Å². The van der Waals surface area contributed by atoms with Crippen molar-refractivity contribution in [3.8, 4) is 11.5 Å². The van der Waals surface area contributed by atoms with Gasteiger partial charge in [-0.05, 0) is 33.3 Å². The van der Waals surface area contributed by atoms with Crippen molar-refractivity contribution in [1.29, 1.82) is 0 Å². The van der Waals surface area contributed by atoms with Crippen molar-refractivity contribution in [2.75, 3.05) is 18.6 Å². The number of carbonyl (C=O) groups excluding carboxylic acids is 4. The summed E-state index contributed by atoms with van der Waals surface area (Å²) in [6, 6.07) is 1.46. The monoisotopic (exact) mass is 520 g/mol. The highest BCUT2D eigenvalue weighted by atomic mass is 16.7. The summed E-state index contributed by atoms with van der Waals surface area (Å²) >= 11 is 0. The molecule has 0 aromatic heterocycles. The van der Waals surface area contributed by atoms with Crippen LogP contribution in [0.3, 0.4) is 0 Å². The van der Waals surface area contributed by atoms with Gasteiger partial charge in [-0.3, -0.25) is 14.4 Å². The van der Waals surface area contributed by atoms with Gasteiger partial charge in [-0.2, -0.15) is 0 Å². The number of anilines is 1. The van der Waals surface area contributed by atoms with Gasteiger partial charge in [-0.25, -0.2) is 9.69 Å². The molecule has 13 heteroatoms. The van der Waals surface area contributed by atoms with E-state index < -0.39 is 65.9 Å². The number of hydrogen-bond acceptors (Lipinski definition) is 11. The predicted octanol–water partition coefficient (Wildman–Crippen LogP) is 0.443. The lowest BCUT2D eigenvalue weighted by atomic mass is 10.1. The van der Waals surface area contributed by atoms with E-state index in [9.17, 15) is 34.5 Å². The smallest absolute Gasteiger partial charge is 0.417 e. The zero-order chi connectivity index (χ0) is 27.4. The maximum Gasteiger partial charge on any atom is 0.417 e. The van der Waals surface area contributed by atoms with Crippen LogP contribution >= 0.6 is 0 Å². The Morgan fingerprint density at radius 2 is 1.84 bits per heavy atom. The molecule has 2 saturated heterocycles. The number of phenolic OH excluding ortho intramolecular Hbond substituents is 1. The number of benzene rings is 1. The molecule has 13 nitrogen and oxygen atoms in total. The molecule has 0 aliphatic carbocycles. The first kappa shape index (κ1) is 26.5.